The fourth-order valence-corrected chi connectivity index (χ4v) is 7.66. The van der Waals surface area contributed by atoms with Crippen molar-refractivity contribution >= 4 is 26.6 Å². The second kappa shape index (κ2) is 12.8. The zero-order valence-electron chi connectivity index (χ0n) is 24.9. The van der Waals surface area contributed by atoms with Crippen LogP contribution in [0.15, 0.2) is 90.0 Å². The Kier molecular flexibility index (Phi) is 8.58. The van der Waals surface area contributed by atoms with E-state index in [9.17, 15) is 13.5 Å². The number of likely N-dealkylation sites (tertiary alicyclic amines) is 1. The fraction of sp³-hybridized carbons (Fsp3) is 0.382. The number of fused-ring (bicyclic) bond motifs is 1. The van der Waals surface area contributed by atoms with Gasteiger partial charge in [0.25, 0.3) is 10.0 Å². The fourth-order valence-electron chi connectivity index (χ4n) is 6.43. The Bertz CT molecular complexity index is 1730. The quantitative estimate of drug-likeness (QED) is 0.280. The van der Waals surface area contributed by atoms with Gasteiger partial charge in [0.05, 0.1) is 37.5 Å². The number of piperidine rings is 1. The lowest BCUT2D eigenvalue weighted by molar-refractivity contribution is -0.255. The molecule has 1 unspecified atom stereocenters. The summed E-state index contributed by atoms with van der Waals surface area (Å²) in [6.07, 6.45) is 2.79. The highest BCUT2D eigenvalue weighted by molar-refractivity contribution is 7.93. The van der Waals surface area contributed by atoms with Gasteiger partial charge in [0.15, 0.2) is 12.1 Å². The number of benzene rings is 3. The van der Waals surface area contributed by atoms with Gasteiger partial charge in [-0.2, -0.15) is 0 Å². The van der Waals surface area contributed by atoms with E-state index in [2.05, 4.69) is 14.6 Å². The van der Waals surface area contributed by atoms with E-state index >= 15 is 0 Å². The minimum Gasteiger partial charge on any atom is -0.392 e. The molecule has 0 radical (unpaired) electrons. The van der Waals surface area contributed by atoms with E-state index in [0.29, 0.717) is 36.4 Å². The zero-order chi connectivity index (χ0) is 30.9. The first-order valence-corrected chi connectivity index (χ1v) is 16.9. The van der Waals surface area contributed by atoms with Gasteiger partial charge in [0.1, 0.15) is 4.90 Å². The molecule has 1 spiro atoms. The number of ether oxygens (including phenoxy) is 4. The van der Waals surface area contributed by atoms with E-state index < -0.39 is 22.1 Å². The van der Waals surface area contributed by atoms with E-state index in [-0.39, 0.29) is 23.7 Å². The average Bonchev–Trinajstić information content (AvgIpc) is 3.53. The highest BCUT2D eigenvalue weighted by Gasteiger charge is 2.41. The first kappa shape index (κ1) is 30.2. The normalized spacial score (nSPS) is 23.8. The number of para-hydroxylation sites is 1. The molecule has 236 valence electrons. The first-order valence-electron chi connectivity index (χ1n) is 15.4. The summed E-state index contributed by atoms with van der Waals surface area (Å²) in [7, 11) is -3.93. The number of aliphatic hydroxyl groups is 1. The van der Waals surface area contributed by atoms with Crippen LogP contribution >= 0.6 is 0 Å². The molecule has 3 aliphatic heterocycles. The van der Waals surface area contributed by atoms with Crippen LogP contribution < -0.4 is 4.72 Å². The molecule has 4 heterocycles. The van der Waals surface area contributed by atoms with Gasteiger partial charge in [-0.25, -0.2) is 8.42 Å². The molecule has 0 saturated carbocycles. The number of hydrogen-bond donors (Lipinski definition) is 2. The molecular formula is C34H37N3O7S. The Labute approximate surface area is 262 Å². The Morgan fingerprint density at radius 3 is 2.44 bits per heavy atom. The summed E-state index contributed by atoms with van der Waals surface area (Å²) in [6.45, 7) is 3.69. The van der Waals surface area contributed by atoms with Crippen molar-refractivity contribution in [1.29, 1.82) is 0 Å². The predicted octanol–water partition coefficient (Wildman–Crippen LogP) is 4.91. The first-order chi connectivity index (χ1) is 21.9. The summed E-state index contributed by atoms with van der Waals surface area (Å²) >= 11 is 0. The number of anilines is 1. The minimum absolute atomic E-state index is 0.0262. The molecule has 3 saturated heterocycles. The number of hydrogen-bond acceptors (Lipinski definition) is 9. The summed E-state index contributed by atoms with van der Waals surface area (Å²) in [6, 6.07) is 23.6. The molecule has 3 aromatic carbocycles. The van der Waals surface area contributed by atoms with Crippen LogP contribution in [0.25, 0.3) is 10.9 Å². The van der Waals surface area contributed by atoms with Crippen LogP contribution in [0.3, 0.4) is 0 Å². The highest BCUT2D eigenvalue weighted by Crippen LogP contribution is 2.40. The molecule has 2 N–H and O–H groups in total. The van der Waals surface area contributed by atoms with E-state index in [1.54, 1.807) is 42.6 Å². The minimum atomic E-state index is -3.93. The van der Waals surface area contributed by atoms with Gasteiger partial charge < -0.3 is 29.0 Å². The zero-order valence-corrected chi connectivity index (χ0v) is 25.7. The summed E-state index contributed by atoms with van der Waals surface area (Å²) < 4.78 is 54.7. The molecule has 4 aromatic rings. The summed E-state index contributed by atoms with van der Waals surface area (Å²) in [5.41, 5.74) is 3.35. The second-order valence-corrected chi connectivity index (χ2v) is 13.5. The third-order valence-corrected chi connectivity index (χ3v) is 10.2. The summed E-state index contributed by atoms with van der Waals surface area (Å²) in [5, 5.41) is 10.3. The van der Waals surface area contributed by atoms with Crippen LogP contribution in [0.4, 0.5) is 5.69 Å². The third kappa shape index (κ3) is 6.61. The molecule has 11 heteroatoms. The topological polar surface area (TPSA) is 119 Å². The Morgan fingerprint density at radius 2 is 1.67 bits per heavy atom. The van der Waals surface area contributed by atoms with Crippen molar-refractivity contribution in [3.8, 4) is 0 Å². The molecule has 3 aliphatic rings. The van der Waals surface area contributed by atoms with Gasteiger partial charge >= 0.3 is 0 Å². The van der Waals surface area contributed by atoms with Crippen molar-refractivity contribution in [3.05, 3.63) is 102 Å². The highest BCUT2D eigenvalue weighted by atomic mass is 32.2. The maximum absolute atomic E-state index is 13.5. The monoisotopic (exact) mass is 631 g/mol. The van der Waals surface area contributed by atoms with Crippen molar-refractivity contribution in [2.45, 2.75) is 55.0 Å². The lowest BCUT2D eigenvalue weighted by Crippen LogP contribution is -2.48. The predicted molar refractivity (Wildman–Crippen MR) is 168 cm³/mol. The largest absolute Gasteiger partial charge is 0.392 e. The maximum Gasteiger partial charge on any atom is 0.264 e. The molecule has 0 amide bonds. The smallest absolute Gasteiger partial charge is 0.264 e. The molecular weight excluding hydrogens is 594 g/mol. The van der Waals surface area contributed by atoms with Gasteiger partial charge in [-0.3, -0.25) is 9.71 Å². The Morgan fingerprint density at radius 1 is 0.911 bits per heavy atom. The number of nitrogens with zero attached hydrogens (tertiary/aromatic N) is 2. The van der Waals surface area contributed by atoms with Crippen LogP contribution in [-0.4, -0.2) is 68.1 Å². The lowest BCUT2D eigenvalue weighted by atomic mass is 9.98. The summed E-state index contributed by atoms with van der Waals surface area (Å²) in [4.78, 5) is 6.81. The van der Waals surface area contributed by atoms with Crippen molar-refractivity contribution in [2.24, 2.45) is 0 Å². The summed E-state index contributed by atoms with van der Waals surface area (Å²) in [5.74, 6) is -0.442. The van der Waals surface area contributed by atoms with Crippen LogP contribution in [0.2, 0.25) is 0 Å². The number of nitrogens with one attached hydrogen (secondary N) is 1. The molecule has 3 fully saturated rings. The van der Waals surface area contributed by atoms with Gasteiger partial charge in [0.2, 0.25) is 0 Å². The van der Waals surface area contributed by atoms with E-state index in [1.165, 1.54) is 0 Å². The molecule has 3 atom stereocenters. The SMILES string of the molecule is O=S(=O)(Nc1cccc(C2O[C@H](CN3CCC4(CC3)OCCO4)C[C@H](c3ccc(CO)cc3)O2)c1)c1cccc2cccnc12. The average molecular weight is 632 g/mol. The third-order valence-electron chi connectivity index (χ3n) is 8.80. The van der Waals surface area contributed by atoms with Crippen LogP contribution in [-0.2, 0) is 35.6 Å². The van der Waals surface area contributed by atoms with Crippen molar-refractivity contribution in [1.82, 2.24) is 9.88 Å². The number of rotatable bonds is 8. The number of aromatic nitrogens is 1. The molecule has 45 heavy (non-hydrogen) atoms. The van der Waals surface area contributed by atoms with Gasteiger partial charge in [-0.15, -0.1) is 0 Å². The number of aliphatic hydroxyl groups excluding tert-OH is 1. The van der Waals surface area contributed by atoms with Crippen molar-refractivity contribution in [2.75, 3.05) is 37.6 Å². The maximum atomic E-state index is 13.5. The number of sulfonamides is 1. The van der Waals surface area contributed by atoms with E-state index in [4.69, 9.17) is 18.9 Å². The van der Waals surface area contributed by atoms with Crippen molar-refractivity contribution in [3.63, 3.8) is 0 Å². The molecule has 0 bridgehead atoms. The molecule has 10 nitrogen and oxygen atoms in total. The molecule has 1 aromatic heterocycles. The lowest BCUT2D eigenvalue weighted by Gasteiger charge is -2.41. The van der Waals surface area contributed by atoms with Gasteiger partial charge in [-0.1, -0.05) is 54.6 Å². The van der Waals surface area contributed by atoms with E-state index in [0.717, 1.165) is 49.0 Å². The van der Waals surface area contributed by atoms with Crippen molar-refractivity contribution < 1.29 is 32.5 Å². The van der Waals surface area contributed by atoms with Crippen LogP contribution in [0.1, 0.15) is 48.3 Å². The van der Waals surface area contributed by atoms with Crippen LogP contribution in [0.5, 0.6) is 0 Å². The van der Waals surface area contributed by atoms with Gasteiger partial charge in [-0.05, 0) is 35.4 Å². The second-order valence-electron chi connectivity index (χ2n) is 11.8. The molecule has 7 rings (SSSR count). The van der Waals surface area contributed by atoms with Gasteiger partial charge in [0, 0.05) is 61.7 Å². The van der Waals surface area contributed by atoms with Crippen LogP contribution in [0, 0.1) is 0 Å². The molecule has 0 aliphatic carbocycles. The number of pyridine rings is 1. The standard InChI is InChI=1S/C34H37N3O7S/c38-23-24-9-11-25(12-10-24)30-21-29(22-37-16-13-34(14-17-37)41-18-19-42-34)43-33(44-30)27-5-1-7-28(20-27)36-45(39,40)31-8-2-4-26-6-3-15-35-32(26)31/h1-12,15,20,29-30,33,36,38H,13-14,16-19,21-23H2/t29-,30+,33?/m0/s1. The Hall–Kier alpha value is -3.42. The van der Waals surface area contributed by atoms with E-state index in [1.807, 2.05) is 42.5 Å². The Balaban J connectivity index is 1.11.